The Kier molecular flexibility index (Phi) is 9.69. The average molecular weight is 572 g/mol. The molecule has 0 aliphatic carbocycles. The molecule has 0 saturated carbocycles. The predicted octanol–water partition coefficient (Wildman–Crippen LogP) is 1.43. The molecule has 1 aliphatic rings. The molecule has 1 fully saturated rings. The lowest BCUT2D eigenvalue weighted by Crippen LogP contribution is -2.47. The van der Waals surface area contributed by atoms with Crippen molar-refractivity contribution in [2.24, 2.45) is 5.92 Å². The monoisotopic (exact) mass is 571 g/mol. The molecule has 6 atom stereocenters. The van der Waals surface area contributed by atoms with Gasteiger partial charge in [-0.2, -0.15) is 0 Å². The van der Waals surface area contributed by atoms with Crippen LogP contribution in [0, 0.1) is 5.92 Å². The molecule has 12 nitrogen and oxygen atoms in total. The second-order valence-corrected chi connectivity index (χ2v) is 12.9. The minimum absolute atomic E-state index is 0.239. The van der Waals surface area contributed by atoms with Crippen LogP contribution < -0.4 is 20.9 Å². The number of nitrogens with one attached hydrogen (secondary N) is 2. The fraction of sp³-hybridized carbons (Fsp3) is 0.542. The van der Waals surface area contributed by atoms with Gasteiger partial charge in [0.05, 0.1) is 12.7 Å². The topological polar surface area (TPSA) is 161 Å². The first-order chi connectivity index (χ1) is 17.7. The lowest BCUT2D eigenvalue weighted by Gasteiger charge is -2.31. The summed E-state index contributed by atoms with van der Waals surface area (Å²) in [6, 6.07) is 8.87. The van der Waals surface area contributed by atoms with Crippen LogP contribution in [0.15, 0.2) is 52.2 Å². The zero-order chi connectivity index (χ0) is 28.3. The minimum atomic E-state index is -3.48. The van der Waals surface area contributed by atoms with Crippen LogP contribution in [0.4, 0.5) is 0 Å². The van der Waals surface area contributed by atoms with Crippen molar-refractivity contribution in [2.45, 2.75) is 70.8 Å². The van der Waals surface area contributed by atoms with Crippen molar-refractivity contribution >= 4 is 24.4 Å². The third-order valence-electron chi connectivity index (χ3n) is 5.81. The third kappa shape index (κ3) is 7.17. The molecule has 0 amide bonds. The van der Waals surface area contributed by atoms with Crippen LogP contribution in [0.3, 0.4) is 0 Å². The minimum Gasteiger partial charge on any atom is -0.462 e. The summed E-state index contributed by atoms with van der Waals surface area (Å²) in [6.07, 6.45) is -3.16. The van der Waals surface area contributed by atoms with Gasteiger partial charge in [-0.15, -0.1) is 0 Å². The maximum absolute atomic E-state index is 12.8. The molecule has 38 heavy (non-hydrogen) atoms. The maximum atomic E-state index is 12.8. The quantitative estimate of drug-likeness (QED) is 0.228. The van der Waals surface area contributed by atoms with Gasteiger partial charge in [0.1, 0.15) is 29.6 Å². The predicted molar refractivity (Wildman–Crippen MR) is 142 cm³/mol. The summed E-state index contributed by atoms with van der Waals surface area (Å²) < 4.78 is 24.2. The van der Waals surface area contributed by atoms with Crippen LogP contribution in [-0.4, -0.2) is 62.3 Å². The summed E-state index contributed by atoms with van der Waals surface area (Å²) in [5, 5.41) is 24.8. The highest BCUT2D eigenvalue weighted by molar-refractivity contribution is 8.09. The molecule has 4 N–H and O–H groups in total. The molecule has 210 valence electrons. The number of para-hydroxylation sites is 1. The zero-order valence-corrected chi connectivity index (χ0v) is 23.5. The van der Waals surface area contributed by atoms with Crippen molar-refractivity contribution in [2.75, 3.05) is 6.61 Å². The Morgan fingerprint density at radius 2 is 1.89 bits per heavy atom. The number of aromatic nitrogens is 2. The smallest absolute Gasteiger partial charge is 0.330 e. The van der Waals surface area contributed by atoms with Crippen molar-refractivity contribution in [1.29, 1.82) is 0 Å². The Labute approximate surface area is 225 Å². The van der Waals surface area contributed by atoms with Crippen LogP contribution in [0.5, 0.6) is 5.75 Å². The number of aliphatic hydroxyl groups excluding tert-OH is 1. The van der Waals surface area contributed by atoms with Gasteiger partial charge in [-0.3, -0.25) is 19.1 Å². The summed E-state index contributed by atoms with van der Waals surface area (Å²) >= 11 is 5.75. The fourth-order valence-electron chi connectivity index (χ4n) is 3.82. The molecule has 2 aromatic rings. The van der Waals surface area contributed by atoms with Gasteiger partial charge in [0.25, 0.3) is 5.56 Å². The SMILES string of the molecule is CC(C)OC(=O)C(NP(=S)(OC[C@H]1O[C@@H](n2ccc(=O)[nH]c2=O)[C@](C)(O)[C@@H]1O)Oc1ccccc1)C(C)C. The number of carbonyl (C=O) groups excluding carboxylic acids is 1. The molecule has 14 heteroatoms. The number of ether oxygens (including phenoxy) is 2. The summed E-state index contributed by atoms with van der Waals surface area (Å²) in [5.41, 5.74) is -3.36. The Bertz CT molecular complexity index is 1260. The summed E-state index contributed by atoms with van der Waals surface area (Å²) in [6.45, 7) is 4.56. The standard InChI is InChI=1S/C24H34N3O9PS/c1-14(2)19(21(30)34-15(3)4)26-37(38,36-16-9-7-6-8-10-16)33-13-17-20(29)24(5,32)22(35-17)27-12-11-18(28)25-23(27)31/h6-12,14-15,17,19-20,22,29,32H,13H2,1-5H3,(H,26,38)(H,25,28,31)/t17-,19?,20-,22-,24-,37?/m1/s1. The van der Waals surface area contributed by atoms with Crippen LogP contribution >= 0.6 is 6.64 Å². The fourth-order valence-corrected chi connectivity index (χ4v) is 6.27. The van der Waals surface area contributed by atoms with Crippen LogP contribution in [0.2, 0.25) is 0 Å². The summed E-state index contributed by atoms with van der Waals surface area (Å²) in [4.78, 5) is 38.6. The van der Waals surface area contributed by atoms with E-state index in [4.69, 9.17) is 30.3 Å². The molecule has 0 spiro atoms. The average Bonchev–Trinajstić information content (AvgIpc) is 3.05. The van der Waals surface area contributed by atoms with Gasteiger partial charge < -0.3 is 28.7 Å². The van der Waals surface area contributed by atoms with Crippen LogP contribution in [-0.2, 0) is 30.6 Å². The normalized spacial score (nSPS) is 25.8. The van der Waals surface area contributed by atoms with E-state index in [2.05, 4.69) is 10.1 Å². The Balaban J connectivity index is 1.85. The number of aromatic amines is 1. The second-order valence-electron chi connectivity index (χ2n) is 9.75. The number of rotatable bonds is 11. The van der Waals surface area contributed by atoms with E-state index in [1.165, 1.54) is 6.92 Å². The van der Waals surface area contributed by atoms with Crippen molar-refractivity contribution < 1.29 is 33.5 Å². The highest BCUT2D eigenvalue weighted by Crippen LogP contribution is 2.47. The molecule has 0 bridgehead atoms. The first-order valence-corrected chi connectivity index (χ1v) is 14.7. The van der Waals surface area contributed by atoms with E-state index in [1.54, 1.807) is 44.2 Å². The van der Waals surface area contributed by atoms with Crippen molar-refractivity contribution in [3.05, 3.63) is 63.4 Å². The Hall–Kier alpha value is -2.38. The Morgan fingerprint density at radius 3 is 2.47 bits per heavy atom. The zero-order valence-electron chi connectivity index (χ0n) is 21.8. The molecule has 3 rings (SSSR count). The third-order valence-corrected chi connectivity index (χ3v) is 8.20. The molecular weight excluding hydrogens is 537 g/mol. The molecule has 0 radical (unpaired) electrons. The lowest BCUT2D eigenvalue weighted by atomic mass is 9.96. The van der Waals surface area contributed by atoms with Gasteiger partial charge in [-0.1, -0.05) is 32.0 Å². The number of esters is 1. The van der Waals surface area contributed by atoms with Crippen LogP contribution in [0.1, 0.15) is 40.8 Å². The van der Waals surface area contributed by atoms with Crippen molar-refractivity contribution in [3.63, 3.8) is 0 Å². The summed E-state index contributed by atoms with van der Waals surface area (Å²) in [7, 11) is 0. The van der Waals surface area contributed by atoms with Gasteiger partial charge in [0.2, 0.25) is 0 Å². The number of nitrogens with zero attached hydrogens (tertiary/aromatic N) is 1. The molecule has 1 aromatic carbocycles. The Morgan fingerprint density at radius 1 is 1.24 bits per heavy atom. The van der Waals surface area contributed by atoms with Crippen molar-refractivity contribution in [1.82, 2.24) is 14.6 Å². The van der Waals surface area contributed by atoms with Gasteiger partial charge in [0, 0.05) is 12.3 Å². The van der Waals surface area contributed by atoms with E-state index in [9.17, 15) is 24.6 Å². The van der Waals surface area contributed by atoms with Gasteiger partial charge >= 0.3 is 18.3 Å². The molecule has 1 aliphatic heterocycles. The summed E-state index contributed by atoms with van der Waals surface area (Å²) in [5.74, 6) is -0.375. The van der Waals surface area contributed by atoms with Gasteiger partial charge in [-0.05, 0) is 50.6 Å². The lowest BCUT2D eigenvalue weighted by molar-refractivity contribution is -0.150. The molecular formula is C24H34N3O9PS. The number of benzene rings is 1. The number of H-pyrrole nitrogens is 1. The highest BCUT2D eigenvalue weighted by atomic mass is 32.5. The van der Waals surface area contributed by atoms with E-state index in [0.29, 0.717) is 5.75 Å². The van der Waals surface area contributed by atoms with Crippen LogP contribution in [0.25, 0.3) is 0 Å². The van der Waals surface area contributed by atoms with E-state index in [1.807, 2.05) is 13.8 Å². The molecule has 1 aromatic heterocycles. The van der Waals surface area contributed by atoms with Crippen molar-refractivity contribution in [3.8, 4) is 5.75 Å². The van der Waals surface area contributed by atoms with Gasteiger partial charge in [0.15, 0.2) is 6.23 Å². The highest BCUT2D eigenvalue weighted by Gasteiger charge is 2.54. The number of carbonyl (C=O) groups is 1. The largest absolute Gasteiger partial charge is 0.462 e. The number of hydrogen-bond acceptors (Lipinski definition) is 10. The van der Waals surface area contributed by atoms with E-state index < -0.39 is 53.9 Å². The molecule has 1 saturated heterocycles. The van der Waals surface area contributed by atoms with Gasteiger partial charge in [-0.25, -0.2) is 9.88 Å². The second kappa shape index (κ2) is 12.2. The van der Waals surface area contributed by atoms with E-state index in [0.717, 1.165) is 16.8 Å². The molecule has 2 heterocycles. The van der Waals surface area contributed by atoms with E-state index in [-0.39, 0.29) is 18.6 Å². The van der Waals surface area contributed by atoms with E-state index >= 15 is 0 Å². The molecule has 2 unspecified atom stereocenters. The maximum Gasteiger partial charge on any atom is 0.330 e. The first-order valence-electron chi connectivity index (χ1n) is 12.1. The first kappa shape index (κ1) is 30.2. The number of hydrogen-bond donors (Lipinski definition) is 4. The number of aliphatic hydroxyl groups is 2.